The first-order valence-corrected chi connectivity index (χ1v) is 6.15. The second-order valence-electron chi connectivity index (χ2n) is 5.62. The van der Waals surface area contributed by atoms with Gasteiger partial charge in [-0.2, -0.15) is 0 Å². The summed E-state index contributed by atoms with van der Waals surface area (Å²) in [4.78, 5) is 23.5. The first kappa shape index (κ1) is 14.0. The van der Waals surface area contributed by atoms with Gasteiger partial charge in [-0.3, -0.25) is 9.59 Å². The quantitative estimate of drug-likeness (QED) is 0.659. The highest BCUT2D eigenvalue weighted by Gasteiger charge is 2.26. The largest absolute Gasteiger partial charge is 0.350 e. The fourth-order valence-corrected chi connectivity index (χ4v) is 1.77. The number of rotatable bonds is 3. The zero-order valence-electron chi connectivity index (χ0n) is 11.1. The van der Waals surface area contributed by atoms with Gasteiger partial charge in [0.2, 0.25) is 11.8 Å². The molecule has 1 heterocycles. The van der Waals surface area contributed by atoms with Crippen molar-refractivity contribution < 1.29 is 9.59 Å². The Bertz CT molecular complexity index is 291. The minimum atomic E-state index is -0.496. The van der Waals surface area contributed by atoms with E-state index in [2.05, 4.69) is 16.0 Å². The standard InChI is InChI=1S/C12H23N3O2/c1-8(10(16)15-12(2,3)4)14-11(17)9-6-5-7-13-9/h8-9,13H,5-7H2,1-4H3,(H,14,17)(H,15,16). The normalized spacial score (nSPS) is 22.0. The van der Waals surface area contributed by atoms with Crippen LogP contribution in [-0.2, 0) is 9.59 Å². The molecule has 0 aromatic heterocycles. The van der Waals surface area contributed by atoms with Crippen molar-refractivity contribution in [3.63, 3.8) is 0 Å². The van der Waals surface area contributed by atoms with Crippen molar-refractivity contribution in [3.05, 3.63) is 0 Å². The molecule has 0 aliphatic carbocycles. The van der Waals surface area contributed by atoms with Crippen LogP contribution in [0.5, 0.6) is 0 Å². The van der Waals surface area contributed by atoms with Gasteiger partial charge in [-0.15, -0.1) is 0 Å². The number of carbonyl (C=O) groups is 2. The van der Waals surface area contributed by atoms with Gasteiger partial charge in [0.05, 0.1) is 6.04 Å². The summed E-state index contributed by atoms with van der Waals surface area (Å²) in [5.74, 6) is -0.233. The lowest BCUT2D eigenvalue weighted by atomic mass is 10.1. The molecule has 5 nitrogen and oxygen atoms in total. The third kappa shape index (κ3) is 4.73. The number of carbonyl (C=O) groups excluding carboxylic acids is 2. The summed E-state index contributed by atoms with van der Waals surface area (Å²) in [5.41, 5.74) is -0.276. The number of amides is 2. The second kappa shape index (κ2) is 5.49. The molecule has 2 amide bonds. The van der Waals surface area contributed by atoms with E-state index in [0.717, 1.165) is 19.4 Å². The maximum Gasteiger partial charge on any atom is 0.242 e. The average molecular weight is 241 g/mol. The lowest BCUT2D eigenvalue weighted by molar-refractivity contribution is -0.130. The molecule has 0 radical (unpaired) electrons. The fraction of sp³-hybridized carbons (Fsp3) is 0.833. The Morgan fingerprint density at radius 2 is 2.00 bits per heavy atom. The molecular formula is C12H23N3O2. The van der Waals surface area contributed by atoms with Gasteiger partial charge < -0.3 is 16.0 Å². The highest BCUT2D eigenvalue weighted by Crippen LogP contribution is 2.05. The smallest absolute Gasteiger partial charge is 0.242 e. The minimum Gasteiger partial charge on any atom is -0.350 e. The van der Waals surface area contributed by atoms with Crippen molar-refractivity contribution in [3.8, 4) is 0 Å². The molecule has 1 fully saturated rings. The molecule has 0 aromatic rings. The molecule has 98 valence electrons. The molecule has 1 aliphatic heterocycles. The van der Waals surface area contributed by atoms with Crippen molar-refractivity contribution in [1.29, 1.82) is 0 Å². The molecule has 5 heteroatoms. The number of hydrogen-bond acceptors (Lipinski definition) is 3. The molecule has 1 aliphatic rings. The van der Waals surface area contributed by atoms with Gasteiger partial charge in [-0.1, -0.05) is 0 Å². The maximum absolute atomic E-state index is 11.8. The molecule has 0 spiro atoms. The predicted molar refractivity (Wildman–Crippen MR) is 66.5 cm³/mol. The monoisotopic (exact) mass is 241 g/mol. The maximum atomic E-state index is 11.8. The van der Waals surface area contributed by atoms with Crippen LogP contribution >= 0.6 is 0 Å². The third-order valence-electron chi connectivity index (χ3n) is 2.63. The van der Waals surface area contributed by atoms with Crippen molar-refractivity contribution >= 4 is 11.8 Å². The molecule has 0 saturated carbocycles. The van der Waals surface area contributed by atoms with E-state index in [0.29, 0.717) is 0 Å². The van der Waals surface area contributed by atoms with Gasteiger partial charge in [0, 0.05) is 5.54 Å². The van der Waals surface area contributed by atoms with Crippen LogP contribution < -0.4 is 16.0 Å². The zero-order valence-corrected chi connectivity index (χ0v) is 11.1. The van der Waals surface area contributed by atoms with E-state index in [1.165, 1.54) is 0 Å². The molecule has 1 saturated heterocycles. The van der Waals surface area contributed by atoms with Crippen molar-refractivity contribution in [2.75, 3.05) is 6.54 Å². The predicted octanol–water partition coefficient (Wildman–Crippen LogP) is 0.158. The van der Waals surface area contributed by atoms with E-state index in [4.69, 9.17) is 0 Å². The highest BCUT2D eigenvalue weighted by atomic mass is 16.2. The summed E-state index contributed by atoms with van der Waals surface area (Å²) in [6.45, 7) is 8.32. The molecule has 0 aromatic carbocycles. The first-order valence-electron chi connectivity index (χ1n) is 6.15. The van der Waals surface area contributed by atoms with Crippen LogP contribution in [0.1, 0.15) is 40.5 Å². The summed E-state index contributed by atoms with van der Waals surface area (Å²) >= 11 is 0. The van der Waals surface area contributed by atoms with E-state index in [1.54, 1.807) is 6.92 Å². The van der Waals surface area contributed by atoms with Gasteiger partial charge in [-0.05, 0) is 47.1 Å². The molecule has 2 atom stereocenters. The van der Waals surface area contributed by atoms with Crippen LogP contribution in [-0.4, -0.2) is 36.0 Å². The minimum absolute atomic E-state index is 0.0842. The molecule has 17 heavy (non-hydrogen) atoms. The zero-order chi connectivity index (χ0) is 13.1. The van der Waals surface area contributed by atoms with Gasteiger partial charge in [0.25, 0.3) is 0 Å². The Morgan fingerprint density at radius 1 is 1.35 bits per heavy atom. The topological polar surface area (TPSA) is 70.2 Å². The van der Waals surface area contributed by atoms with E-state index in [-0.39, 0.29) is 23.4 Å². The Hall–Kier alpha value is -1.10. The lowest BCUT2D eigenvalue weighted by Crippen LogP contribution is -2.53. The van der Waals surface area contributed by atoms with Crippen molar-refractivity contribution in [2.45, 2.75) is 58.2 Å². The van der Waals surface area contributed by atoms with Crippen molar-refractivity contribution in [2.24, 2.45) is 0 Å². The summed E-state index contributed by atoms with van der Waals surface area (Å²) in [5, 5.41) is 8.68. The van der Waals surface area contributed by atoms with E-state index < -0.39 is 6.04 Å². The van der Waals surface area contributed by atoms with E-state index in [1.807, 2.05) is 20.8 Å². The van der Waals surface area contributed by atoms with Gasteiger partial charge >= 0.3 is 0 Å². The van der Waals surface area contributed by atoms with Gasteiger partial charge in [-0.25, -0.2) is 0 Å². The van der Waals surface area contributed by atoms with Gasteiger partial charge in [0.15, 0.2) is 0 Å². The van der Waals surface area contributed by atoms with Gasteiger partial charge in [0.1, 0.15) is 6.04 Å². The summed E-state index contributed by atoms with van der Waals surface area (Å²) in [6, 6.07) is -0.635. The fourth-order valence-electron chi connectivity index (χ4n) is 1.77. The Morgan fingerprint density at radius 3 is 2.47 bits per heavy atom. The Kier molecular flexibility index (Phi) is 4.51. The summed E-state index contributed by atoms with van der Waals surface area (Å²) in [7, 11) is 0. The second-order valence-corrected chi connectivity index (χ2v) is 5.62. The Balaban J connectivity index is 2.40. The molecule has 0 bridgehead atoms. The van der Waals surface area contributed by atoms with E-state index in [9.17, 15) is 9.59 Å². The number of nitrogens with one attached hydrogen (secondary N) is 3. The van der Waals surface area contributed by atoms with Crippen LogP contribution in [0, 0.1) is 0 Å². The van der Waals surface area contributed by atoms with Crippen LogP contribution in [0.2, 0.25) is 0 Å². The molecule has 3 N–H and O–H groups in total. The first-order chi connectivity index (χ1) is 7.79. The number of hydrogen-bond donors (Lipinski definition) is 3. The van der Waals surface area contributed by atoms with Crippen LogP contribution in [0.25, 0.3) is 0 Å². The van der Waals surface area contributed by atoms with Crippen LogP contribution in [0.15, 0.2) is 0 Å². The molecule has 2 unspecified atom stereocenters. The summed E-state index contributed by atoms with van der Waals surface area (Å²) < 4.78 is 0. The average Bonchev–Trinajstić information content (AvgIpc) is 2.67. The Labute approximate surface area is 103 Å². The SMILES string of the molecule is CC(NC(=O)C1CCCN1)C(=O)NC(C)(C)C. The molecular weight excluding hydrogens is 218 g/mol. The lowest BCUT2D eigenvalue weighted by Gasteiger charge is -2.24. The third-order valence-corrected chi connectivity index (χ3v) is 2.63. The van der Waals surface area contributed by atoms with E-state index >= 15 is 0 Å². The van der Waals surface area contributed by atoms with Crippen molar-refractivity contribution in [1.82, 2.24) is 16.0 Å². The summed E-state index contributed by atoms with van der Waals surface area (Å²) in [6.07, 6.45) is 1.86. The molecule has 1 rings (SSSR count). The van der Waals surface area contributed by atoms with Crippen LogP contribution in [0.3, 0.4) is 0 Å². The highest BCUT2D eigenvalue weighted by molar-refractivity contribution is 5.89. The van der Waals surface area contributed by atoms with Crippen LogP contribution in [0.4, 0.5) is 0 Å².